The number of nitriles is 1. The molecule has 2 aromatic heterocycles. The summed E-state index contributed by atoms with van der Waals surface area (Å²) < 4.78 is 25.4. The number of sulfone groups is 1. The summed E-state index contributed by atoms with van der Waals surface area (Å²) in [6.45, 7) is 3.82. The monoisotopic (exact) mass is 464 g/mol. The van der Waals surface area contributed by atoms with Gasteiger partial charge in [0.2, 0.25) is 5.82 Å². The first-order valence-electron chi connectivity index (χ1n) is 11.0. The van der Waals surface area contributed by atoms with Crippen molar-refractivity contribution in [1.29, 1.82) is 5.26 Å². The van der Waals surface area contributed by atoms with Crippen LogP contribution in [0.15, 0.2) is 41.7 Å². The van der Waals surface area contributed by atoms with Crippen LogP contribution in [0.5, 0.6) is 0 Å². The number of hydrogen-bond acceptors (Lipinski definition) is 8. The summed E-state index contributed by atoms with van der Waals surface area (Å²) >= 11 is 0. The molecular formula is C24H28N6O2S. The molecule has 172 valence electrons. The summed E-state index contributed by atoms with van der Waals surface area (Å²) in [7, 11) is 0.724. The van der Waals surface area contributed by atoms with E-state index < -0.39 is 9.84 Å². The Morgan fingerprint density at radius 1 is 1.09 bits per heavy atom. The molecule has 1 aromatic carbocycles. The van der Waals surface area contributed by atoms with Crippen molar-refractivity contribution in [3.63, 3.8) is 0 Å². The molecule has 0 N–H and O–H groups in total. The van der Waals surface area contributed by atoms with E-state index in [9.17, 15) is 8.42 Å². The smallest absolute Gasteiger partial charge is 0.232 e. The van der Waals surface area contributed by atoms with Gasteiger partial charge in [-0.3, -0.25) is 4.98 Å². The van der Waals surface area contributed by atoms with Gasteiger partial charge >= 0.3 is 0 Å². The highest BCUT2D eigenvalue weighted by molar-refractivity contribution is 7.90. The molecule has 1 aliphatic rings. The lowest BCUT2D eigenvalue weighted by molar-refractivity contribution is 0.199. The maximum absolute atomic E-state index is 12.7. The van der Waals surface area contributed by atoms with E-state index >= 15 is 0 Å². The van der Waals surface area contributed by atoms with Crippen molar-refractivity contribution in [2.45, 2.75) is 30.7 Å². The van der Waals surface area contributed by atoms with E-state index in [0.717, 1.165) is 53.6 Å². The van der Waals surface area contributed by atoms with Gasteiger partial charge in [0.25, 0.3) is 0 Å². The summed E-state index contributed by atoms with van der Waals surface area (Å²) in [6.07, 6.45) is 7.91. The van der Waals surface area contributed by atoms with Crippen LogP contribution in [0.1, 0.15) is 25.6 Å². The number of pyridine rings is 1. The number of fused-ring (bicyclic) bond motifs is 1. The Bertz CT molecular complexity index is 1310. The van der Waals surface area contributed by atoms with Gasteiger partial charge in [-0.2, -0.15) is 5.26 Å². The molecule has 0 aliphatic carbocycles. The molecule has 0 spiro atoms. The summed E-state index contributed by atoms with van der Waals surface area (Å²) in [5, 5.41) is 9.75. The normalized spacial score (nSPS) is 16.2. The van der Waals surface area contributed by atoms with Crippen LogP contribution < -0.4 is 4.90 Å². The Morgan fingerprint density at radius 3 is 2.33 bits per heavy atom. The van der Waals surface area contributed by atoms with Crippen molar-refractivity contribution < 1.29 is 8.42 Å². The molecule has 1 unspecified atom stereocenters. The third-order valence-corrected chi connectivity index (χ3v) is 7.74. The molecule has 0 bridgehead atoms. The first-order valence-corrected chi connectivity index (χ1v) is 12.8. The maximum Gasteiger partial charge on any atom is 0.232 e. The van der Waals surface area contributed by atoms with Crippen LogP contribution in [0.25, 0.3) is 22.0 Å². The molecule has 1 atom stereocenters. The second-order valence-corrected chi connectivity index (χ2v) is 10.9. The lowest BCUT2D eigenvalue weighted by atomic mass is 9.89. The second kappa shape index (κ2) is 9.04. The molecule has 4 rings (SSSR count). The zero-order chi connectivity index (χ0) is 23.8. The predicted molar refractivity (Wildman–Crippen MR) is 129 cm³/mol. The largest absolute Gasteiger partial charge is 0.370 e. The van der Waals surface area contributed by atoms with E-state index in [1.807, 2.05) is 24.3 Å². The molecule has 1 saturated heterocycles. The van der Waals surface area contributed by atoms with E-state index in [2.05, 4.69) is 45.8 Å². The first-order chi connectivity index (χ1) is 15.7. The lowest BCUT2D eigenvalue weighted by Gasteiger charge is -2.39. The molecule has 3 aromatic rings. The van der Waals surface area contributed by atoms with Crippen LogP contribution in [0.2, 0.25) is 0 Å². The van der Waals surface area contributed by atoms with Gasteiger partial charge in [-0.05, 0) is 57.5 Å². The molecule has 3 heterocycles. The van der Waals surface area contributed by atoms with Crippen molar-refractivity contribution >= 4 is 26.4 Å². The van der Waals surface area contributed by atoms with Gasteiger partial charge in [0.1, 0.15) is 11.0 Å². The van der Waals surface area contributed by atoms with Gasteiger partial charge in [0.15, 0.2) is 9.84 Å². The third-order valence-electron chi connectivity index (χ3n) is 6.64. The van der Waals surface area contributed by atoms with Gasteiger partial charge in [-0.25, -0.2) is 18.4 Å². The van der Waals surface area contributed by atoms with E-state index in [1.54, 1.807) is 12.4 Å². The van der Waals surface area contributed by atoms with Crippen LogP contribution in [-0.2, 0) is 9.84 Å². The van der Waals surface area contributed by atoms with E-state index in [1.165, 1.54) is 12.5 Å². The maximum atomic E-state index is 12.7. The van der Waals surface area contributed by atoms with Crippen LogP contribution in [-0.4, -0.2) is 67.8 Å². The second-order valence-electron chi connectivity index (χ2n) is 8.91. The van der Waals surface area contributed by atoms with Gasteiger partial charge in [0.05, 0.1) is 11.2 Å². The fourth-order valence-electron chi connectivity index (χ4n) is 4.50. The van der Waals surface area contributed by atoms with Crippen LogP contribution in [0.3, 0.4) is 0 Å². The number of benzene rings is 1. The van der Waals surface area contributed by atoms with Crippen LogP contribution >= 0.6 is 0 Å². The Labute approximate surface area is 194 Å². The topological polar surface area (TPSA) is 103 Å². The molecule has 0 radical (unpaired) electrons. The predicted octanol–water partition coefficient (Wildman–Crippen LogP) is 3.13. The molecule has 9 heteroatoms. The summed E-state index contributed by atoms with van der Waals surface area (Å²) in [5.74, 6) is 0.675. The minimum Gasteiger partial charge on any atom is -0.370 e. The van der Waals surface area contributed by atoms with E-state index in [0.29, 0.717) is 12.0 Å². The molecule has 1 aliphatic heterocycles. The summed E-state index contributed by atoms with van der Waals surface area (Å²) in [6, 6.07) is 8.14. The third kappa shape index (κ3) is 4.68. The zero-order valence-electron chi connectivity index (χ0n) is 19.4. The van der Waals surface area contributed by atoms with Gasteiger partial charge in [-0.15, -0.1) is 0 Å². The van der Waals surface area contributed by atoms with Crippen molar-refractivity contribution in [2.75, 3.05) is 38.3 Å². The fourth-order valence-corrected chi connectivity index (χ4v) is 5.33. The van der Waals surface area contributed by atoms with Crippen molar-refractivity contribution in [2.24, 2.45) is 5.92 Å². The quantitative estimate of drug-likeness (QED) is 0.567. The molecule has 8 nitrogen and oxygen atoms in total. The Hall–Kier alpha value is -3.09. The molecule has 33 heavy (non-hydrogen) atoms. The highest BCUT2D eigenvalue weighted by atomic mass is 32.2. The van der Waals surface area contributed by atoms with Gasteiger partial charge < -0.3 is 9.80 Å². The molecule has 0 amide bonds. The van der Waals surface area contributed by atoms with Crippen LogP contribution in [0, 0.1) is 17.2 Å². The highest BCUT2D eigenvalue weighted by Gasteiger charge is 2.29. The van der Waals surface area contributed by atoms with E-state index in [4.69, 9.17) is 5.26 Å². The molecule has 0 saturated carbocycles. The highest BCUT2D eigenvalue weighted by Crippen LogP contribution is 2.37. The SMILES string of the molecule is CC(C1CCN(c2c(S(C)(=O)=O)cnc3ccc(-c4cnc(C#N)nc4)cc23)CC1)N(C)C. The van der Waals surface area contributed by atoms with Crippen LogP contribution in [0.4, 0.5) is 5.69 Å². The van der Waals surface area contributed by atoms with Gasteiger partial charge in [0, 0.05) is 54.9 Å². The number of piperidine rings is 1. The average molecular weight is 465 g/mol. The number of anilines is 1. The Balaban J connectivity index is 1.79. The summed E-state index contributed by atoms with van der Waals surface area (Å²) in [5.41, 5.74) is 3.05. The van der Waals surface area contributed by atoms with Crippen molar-refractivity contribution in [1.82, 2.24) is 19.9 Å². The lowest BCUT2D eigenvalue weighted by Crippen LogP contribution is -2.42. The number of hydrogen-bond donors (Lipinski definition) is 0. The first kappa shape index (κ1) is 23.1. The Morgan fingerprint density at radius 2 is 1.76 bits per heavy atom. The molecule has 1 fully saturated rings. The number of nitrogens with zero attached hydrogens (tertiary/aromatic N) is 6. The molecular weight excluding hydrogens is 436 g/mol. The Kier molecular flexibility index (Phi) is 6.32. The standard InChI is InChI=1S/C24H28N6O2S/c1-16(29(2)3)17-7-9-30(10-8-17)24-20-11-18(19-13-27-23(12-25)28-14-19)5-6-21(20)26-15-22(24)33(4,31)32/h5-6,11,13-17H,7-10H2,1-4H3. The number of rotatable bonds is 5. The van der Waals surface area contributed by atoms with Crippen molar-refractivity contribution in [3.05, 3.63) is 42.6 Å². The number of aromatic nitrogens is 3. The minimum atomic E-state index is -3.48. The summed E-state index contributed by atoms with van der Waals surface area (Å²) in [4.78, 5) is 17.3. The van der Waals surface area contributed by atoms with Crippen molar-refractivity contribution in [3.8, 4) is 17.2 Å². The minimum absolute atomic E-state index is 0.107. The van der Waals surface area contributed by atoms with Gasteiger partial charge in [-0.1, -0.05) is 6.07 Å². The fraction of sp³-hybridized carbons (Fsp3) is 0.417. The zero-order valence-corrected chi connectivity index (χ0v) is 20.2. The average Bonchev–Trinajstić information content (AvgIpc) is 2.82. The van der Waals surface area contributed by atoms with E-state index in [-0.39, 0.29) is 10.7 Å².